The van der Waals surface area contributed by atoms with E-state index in [-0.39, 0.29) is 17.5 Å². The molecular weight excluding hydrogens is 413 g/mol. The third-order valence-corrected chi connectivity index (χ3v) is 5.98. The second-order valence-electron chi connectivity index (χ2n) is 7.06. The number of ketones is 1. The number of allylic oxidation sites excluding steroid dienone is 4. The number of rotatable bonds is 8. The molecule has 0 amide bonds. The fourth-order valence-corrected chi connectivity index (χ4v) is 4.48. The summed E-state index contributed by atoms with van der Waals surface area (Å²) >= 11 is 1.45. The van der Waals surface area contributed by atoms with Gasteiger partial charge in [0.2, 0.25) is 0 Å². The predicted molar refractivity (Wildman–Crippen MR) is 113 cm³/mol. The molecule has 0 saturated carbocycles. The summed E-state index contributed by atoms with van der Waals surface area (Å²) in [6, 6.07) is 5.06. The first kappa shape index (κ1) is 24.1. The van der Waals surface area contributed by atoms with Crippen molar-refractivity contribution in [3.05, 3.63) is 64.6 Å². The van der Waals surface area contributed by atoms with Gasteiger partial charge >= 0.3 is 6.18 Å². The van der Waals surface area contributed by atoms with Gasteiger partial charge < -0.3 is 9.84 Å². The summed E-state index contributed by atoms with van der Waals surface area (Å²) in [6.07, 6.45) is 1.45. The van der Waals surface area contributed by atoms with Gasteiger partial charge in [-0.05, 0) is 61.8 Å². The number of hydrogen-bond donors (Lipinski definition) is 1. The number of aliphatic hydroxyl groups is 1. The Morgan fingerprint density at radius 3 is 2.43 bits per heavy atom. The molecule has 1 atom stereocenters. The summed E-state index contributed by atoms with van der Waals surface area (Å²) < 4.78 is 43.3. The van der Waals surface area contributed by atoms with Crippen LogP contribution < -0.4 is 0 Å². The molecule has 1 unspecified atom stereocenters. The Labute approximate surface area is 179 Å². The molecule has 3 nitrogen and oxygen atoms in total. The van der Waals surface area contributed by atoms with E-state index in [1.54, 1.807) is 13.0 Å². The van der Waals surface area contributed by atoms with Crippen LogP contribution in [-0.4, -0.2) is 23.8 Å². The Kier molecular flexibility index (Phi) is 8.65. The van der Waals surface area contributed by atoms with Crippen molar-refractivity contribution in [2.45, 2.75) is 50.6 Å². The van der Waals surface area contributed by atoms with Crippen LogP contribution in [0, 0.1) is 5.92 Å². The average Bonchev–Trinajstić information content (AvgIpc) is 2.69. The minimum atomic E-state index is -4.34. The van der Waals surface area contributed by atoms with Crippen molar-refractivity contribution in [3.8, 4) is 0 Å². The van der Waals surface area contributed by atoms with E-state index in [0.29, 0.717) is 41.9 Å². The van der Waals surface area contributed by atoms with Gasteiger partial charge in [0.15, 0.2) is 5.78 Å². The SMILES string of the molecule is C/C=C(C1=C(O)CC(CCSc2ccc(C(F)(F)F)cc2)CC1=O)\C(=C/CC)OC. The Bertz CT molecular complexity index is 836. The van der Waals surface area contributed by atoms with Crippen LogP contribution in [-0.2, 0) is 15.7 Å². The van der Waals surface area contributed by atoms with E-state index in [1.165, 1.54) is 31.0 Å². The molecule has 1 aromatic carbocycles. The molecule has 164 valence electrons. The smallest absolute Gasteiger partial charge is 0.416 e. The Morgan fingerprint density at radius 1 is 1.27 bits per heavy atom. The number of alkyl halides is 3. The molecule has 0 saturated heterocycles. The molecule has 0 heterocycles. The summed E-state index contributed by atoms with van der Waals surface area (Å²) in [5, 5.41) is 10.6. The molecule has 30 heavy (non-hydrogen) atoms. The monoisotopic (exact) mass is 440 g/mol. The van der Waals surface area contributed by atoms with Crippen LogP contribution in [0.4, 0.5) is 13.2 Å². The van der Waals surface area contributed by atoms with E-state index in [0.717, 1.165) is 23.4 Å². The minimum absolute atomic E-state index is 0.00227. The molecule has 0 spiro atoms. The molecule has 1 N–H and O–H groups in total. The van der Waals surface area contributed by atoms with Gasteiger partial charge in [-0.2, -0.15) is 13.2 Å². The van der Waals surface area contributed by atoms with E-state index in [9.17, 15) is 23.1 Å². The number of carbonyl (C=O) groups is 1. The van der Waals surface area contributed by atoms with Gasteiger partial charge in [0.1, 0.15) is 11.5 Å². The van der Waals surface area contributed by atoms with Crippen LogP contribution in [0.15, 0.2) is 64.0 Å². The van der Waals surface area contributed by atoms with Gasteiger partial charge in [0.05, 0.1) is 18.2 Å². The molecule has 7 heteroatoms. The third-order valence-electron chi connectivity index (χ3n) is 4.93. The number of thioether (sulfide) groups is 1. The normalized spacial score (nSPS) is 18.7. The molecule has 0 bridgehead atoms. The fourth-order valence-electron chi connectivity index (χ4n) is 3.46. The number of ether oxygens (including phenoxy) is 1. The standard InChI is InChI=1S/C23H27F3O3S/c1-4-6-21(29-3)18(5-2)22-19(27)13-15(14-20(22)28)11-12-30-17-9-7-16(8-10-17)23(24,25)26/h5-10,15,27H,4,11-14H2,1-3H3/b18-5+,21-6+. The number of aliphatic hydroxyl groups excluding tert-OH is 1. The number of halogens is 3. The van der Waals surface area contributed by atoms with E-state index in [2.05, 4.69) is 0 Å². The maximum Gasteiger partial charge on any atom is 0.416 e. The van der Waals surface area contributed by atoms with Crippen molar-refractivity contribution < 1.29 is 27.8 Å². The lowest BCUT2D eigenvalue weighted by Gasteiger charge is -2.25. The van der Waals surface area contributed by atoms with Crippen LogP contribution in [0.1, 0.15) is 45.1 Å². The predicted octanol–water partition coefficient (Wildman–Crippen LogP) is 6.87. The first-order chi connectivity index (χ1) is 14.2. The summed E-state index contributed by atoms with van der Waals surface area (Å²) in [4.78, 5) is 13.5. The van der Waals surface area contributed by atoms with Crippen LogP contribution in [0.2, 0.25) is 0 Å². The zero-order chi connectivity index (χ0) is 22.3. The minimum Gasteiger partial charge on any atom is -0.512 e. The fraction of sp³-hybridized carbons (Fsp3) is 0.435. The van der Waals surface area contributed by atoms with Gasteiger partial charge in [-0.3, -0.25) is 4.79 Å². The zero-order valence-electron chi connectivity index (χ0n) is 17.4. The van der Waals surface area contributed by atoms with Crippen LogP contribution in [0.25, 0.3) is 0 Å². The second-order valence-corrected chi connectivity index (χ2v) is 8.23. The first-order valence-electron chi connectivity index (χ1n) is 9.87. The quantitative estimate of drug-likeness (QED) is 0.272. The lowest BCUT2D eigenvalue weighted by molar-refractivity contribution is -0.137. The zero-order valence-corrected chi connectivity index (χ0v) is 18.2. The van der Waals surface area contributed by atoms with Crippen molar-refractivity contribution in [2.75, 3.05) is 12.9 Å². The van der Waals surface area contributed by atoms with Crippen molar-refractivity contribution in [1.29, 1.82) is 0 Å². The molecule has 0 radical (unpaired) electrons. The maximum absolute atomic E-state index is 12.7. The van der Waals surface area contributed by atoms with Crippen molar-refractivity contribution >= 4 is 17.5 Å². The number of carbonyl (C=O) groups excluding carboxylic acids is 1. The maximum atomic E-state index is 12.7. The summed E-state index contributed by atoms with van der Waals surface area (Å²) in [6.45, 7) is 3.77. The highest BCUT2D eigenvalue weighted by atomic mass is 32.2. The third kappa shape index (κ3) is 6.17. The molecule has 1 aliphatic rings. The number of benzene rings is 1. The molecule has 0 aromatic heterocycles. The van der Waals surface area contributed by atoms with Gasteiger partial charge in [-0.1, -0.05) is 13.0 Å². The summed E-state index contributed by atoms with van der Waals surface area (Å²) in [5.74, 6) is 1.19. The molecule has 0 aliphatic heterocycles. The Hall–Kier alpha value is -2.15. The summed E-state index contributed by atoms with van der Waals surface area (Å²) in [5.41, 5.74) is 0.268. The van der Waals surface area contributed by atoms with Crippen LogP contribution >= 0.6 is 11.8 Å². The molecule has 2 rings (SSSR count). The Balaban J connectivity index is 2.00. The van der Waals surface area contributed by atoms with E-state index in [4.69, 9.17) is 4.74 Å². The van der Waals surface area contributed by atoms with Crippen molar-refractivity contribution in [1.82, 2.24) is 0 Å². The van der Waals surface area contributed by atoms with Crippen LogP contribution in [0.3, 0.4) is 0 Å². The van der Waals surface area contributed by atoms with Gasteiger partial charge in [0, 0.05) is 23.3 Å². The molecule has 1 aromatic rings. The van der Waals surface area contributed by atoms with Gasteiger partial charge in [0.25, 0.3) is 0 Å². The average molecular weight is 441 g/mol. The number of methoxy groups -OCH3 is 1. The lowest BCUT2D eigenvalue weighted by Crippen LogP contribution is -2.22. The number of hydrogen-bond acceptors (Lipinski definition) is 4. The lowest BCUT2D eigenvalue weighted by atomic mass is 9.82. The van der Waals surface area contributed by atoms with E-state index >= 15 is 0 Å². The van der Waals surface area contributed by atoms with E-state index < -0.39 is 11.7 Å². The topological polar surface area (TPSA) is 46.5 Å². The second kappa shape index (κ2) is 10.8. The highest BCUT2D eigenvalue weighted by Crippen LogP contribution is 2.36. The van der Waals surface area contributed by atoms with E-state index in [1.807, 2.05) is 13.0 Å². The first-order valence-corrected chi connectivity index (χ1v) is 10.9. The summed E-state index contributed by atoms with van der Waals surface area (Å²) in [7, 11) is 1.54. The largest absolute Gasteiger partial charge is 0.512 e. The van der Waals surface area contributed by atoms with Crippen molar-refractivity contribution in [2.24, 2.45) is 5.92 Å². The van der Waals surface area contributed by atoms with Gasteiger partial charge in [-0.15, -0.1) is 11.8 Å². The van der Waals surface area contributed by atoms with Crippen molar-refractivity contribution in [3.63, 3.8) is 0 Å². The molecule has 1 aliphatic carbocycles. The Morgan fingerprint density at radius 2 is 1.93 bits per heavy atom. The highest BCUT2D eigenvalue weighted by molar-refractivity contribution is 7.99. The van der Waals surface area contributed by atoms with Crippen LogP contribution in [0.5, 0.6) is 0 Å². The van der Waals surface area contributed by atoms with Gasteiger partial charge in [-0.25, -0.2) is 0 Å². The number of Topliss-reactive ketones (excluding diaryl/α,β-unsaturated/α-hetero) is 1. The highest BCUT2D eigenvalue weighted by Gasteiger charge is 2.31. The molecular formula is C23H27F3O3S. The molecule has 0 fully saturated rings.